The second-order valence-corrected chi connectivity index (χ2v) is 3.78. The second kappa shape index (κ2) is 7.51. The minimum absolute atomic E-state index is 0. The van der Waals surface area contributed by atoms with Crippen LogP contribution in [-0.4, -0.2) is 18.7 Å². The summed E-state index contributed by atoms with van der Waals surface area (Å²) in [5.74, 6) is -1.86. The van der Waals surface area contributed by atoms with Crippen LogP contribution < -0.4 is 5.73 Å². The van der Waals surface area contributed by atoms with Crippen LogP contribution in [0.2, 0.25) is 5.02 Å². The Bertz CT molecular complexity index is 418. The lowest BCUT2D eigenvalue weighted by molar-refractivity contribution is -0.149. The number of rotatable bonds is 4. The molecule has 0 aliphatic heterocycles. The molecule has 0 amide bonds. The Kier molecular flexibility index (Phi) is 7.13. The van der Waals surface area contributed by atoms with Gasteiger partial charge in [-0.1, -0.05) is 17.7 Å². The topological polar surface area (TPSA) is 52.3 Å². The Morgan fingerprint density at radius 3 is 2.67 bits per heavy atom. The van der Waals surface area contributed by atoms with Gasteiger partial charge in [-0.05, 0) is 19.1 Å². The van der Waals surface area contributed by atoms with Gasteiger partial charge in [0.15, 0.2) is 0 Å². The van der Waals surface area contributed by atoms with E-state index < -0.39 is 24.0 Å². The van der Waals surface area contributed by atoms with Gasteiger partial charge >= 0.3 is 5.97 Å². The van der Waals surface area contributed by atoms with Crippen molar-refractivity contribution in [1.29, 1.82) is 0 Å². The van der Waals surface area contributed by atoms with Crippen molar-refractivity contribution in [3.8, 4) is 0 Å². The van der Waals surface area contributed by atoms with E-state index in [1.54, 1.807) is 6.92 Å². The second-order valence-electron chi connectivity index (χ2n) is 3.35. The van der Waals surface area contributed by atoms with Crippen molar-refractivity contribution in [3.05, 3.63) is 34.6 Å². The molecular formula is C11H13Cl2F2NO2. The van der Waals surface area contributed by atoms with Crippen molar-refractivity contribution < 1.29 is 18.3 Å². The van der Waals surface area contributed by atoms with Gasteiger partial charge in [-0.3, -0.25) is 0 Å². The fourth-order valence-electron chi connectivity index (χ4n) is 1.30. The number of hydrogen-bond acceptors (Lipinski definition) is 3. The number of hydrogen-bond donors (Lipinski definition) is 1. The van der Waals surface area contributed by atoms with E-state index >= 15 is 0 Å². The summed E-state index contributed by atoms with van der Waals surface area (Å²) in [5, 5.41) is 0.171. The number of ether oxygens (including phenoxy) is 1. The predicted molar refractivity (Wildman–Crippen MR) is 67.1 cm³/mol. The van der Waals surface area contributed by atoms with Crippen LogP contribution in [0.3, 0.4) is 0 Å². The molecule has 7 heteroatoms. The normalized spacial score (nSPS) is 13.4. The monoisotopic (exact) mass is 299 g/mol. The molecule has 0 aliphatic carbocycles. The van der Waals surface area contributed by atoms with Crippen molar-refractivity contribution >= 4 is 30.0 Å². The first-order valence-corrected chi connectivity index (χ1v) is 5.36. The molecule has 1 aromatic carbocycles. The molecule has 0 saturated heterocycles. The molecule has 0 fully saturated rings. The average molecular weight is 300 g/mol. The maximum Gasteiger partial charge on any atom is 0.342 e. The smallest absolute Gasteiger partial charge is 0.342 e. The number of halogens is 4. The maximum atomic E-state index is 13.5. The minimum Gasteiger partial charge on any atom is -0.464 e. The van der Waals surface area contributed by atoms with Gasteiger partial charge in [0.2, 0.25) is 6.17 Å². The molecule has 2 N–H and O–H groups in total. The molecule has 0 heterocycles. The van der Waals surface area contributed by atoms with Crippen LogP contribution in [0.1, 0.15) is 18.5 Å². The summed E-state index contributed by atoms with van der Waals surface area (Å²) in [6, 6.07) is 2.21. The highest BCUT2D eigenvalue weighted by Gasteiger charge is 2.29. The van der Waals surface area contributed by atoms with Crippen molar-refractivity contribution in [2.75, 3.05) is 6.61 Å². The summed E-state index contributed by atoms with van der Waals surface area (Å²) in [5.41, 5.74) is 5.35. The zero-order valence-corrected chi connectivity index (χ0v) is 11.1. The lowest BCUT2D eigenvalue weighted by atomic mass is 10.0. The van der Waals surface area contributed by atoms with E-state index in [0.717, 1.165) is 6.07 Å². The highest BCUT2D eigenvalue weighted by Crippen LogP contribution is 2.23. The molecule has 1 aromatic rings. The van der Waals surface area contributed by atoms with Gasteiger partial charge in [0.05, 0.1) is 12.6 Å². The third kappa shape index (κ3) is 4.08. The fraction of sp³-hybridized carbons (Fsp3) is 0.364. The SMILES string of the molecule is CCOC(=O)C(F)[C@H](N)c1ccc(Cl)cc1F.Cl. The van der Waals surface area contributed by atoms with Gasteiger partial charge in [-0.25, -0.2) is 13.6 Å². The standard InChI is InChI=1S/C11H12ClF2NO2.ClH/c1-2-17-11(16)9(14)10(15)7-4-3-6(12)5-8(7)13;/h3-5,9-10H,2,15H2,1H3;1H/t9?,10-;/m1./s1. The molecule has 1 rings (SSSR count). The Morgan fingerprint density at radius 2 is 2.17 bits per heavy atom. The van der Waals surface area contributed by atoms with E-state index in [1.165, 1.54) is 12.1 Å². The predicted octanol–water partition coefficient (Wildman–Crippen LogP) is 2.80. The summed E-state index contributed by atoms with van der Waals surface area (Å²) in [6.07, 6.45) is -2.11. The molecule has 0 spiro atoms. The van der Waals surface area contributed by atoms with E-state index in [0.29, 0.717) is 0 Å². The summed E-state index contributed by atoms with van der Waals surface area (Å²) >= 11 is 5.55. The molecule has 102 valence electrons. The van der Waals surface area contributed by atoms with Gasteiger partial charge in [0, 0.05) is 10.6 Å². The first-order valence-electron chi connectivity index (χ1n) is 4.98. The number of carbonyl (C=O) groups is 1. The maximum absolute atomic E-state index is 13.5. The number of benzene rings is 1. The third-order valence-electron chi connectivity index (χ3n) is 2.15. The Hall–Kier alpha value is -0.910. The van der Waals surface area contributed by atoms with Crippen LogP contribution in [0.5, 0.6) is 0 Å². The van der Waals surface area contributed by atoms with E-state index in [2.05, 4.69) is 4.74 Å². The van der Waals surface area contributed by atoms with Crippen LogP contribution in [0.25, 0.3) is 0 Å². The van der Waals surface area contributed by atoms with Crippen molar-refractivity contribution in [1.82, 2.24) is 0 Å². The highest BCUT2D eigenvalue weighted by molar-refractivity contribution is 6.30. The van der Waals surface area contributed by atoms with E-state index in [4.69, 9.17) is 17.3 Å². The number of alkyl halides is 1. The van der Waals surface area contributed by atoms with E-state index in [-0.39, 0.29) is 29.6 Å². The molecule has 1 unspecified atom stereocenters. The quantitative estimate of drug-likeness (QED) is 0.870. The number of nitrogens with two attached hydrogens (primary N) is 1. The summed E-state index contributed by atoms with van der Waals surface area (Å²) in [6.45, 7) is 1.58. The molecule has 0 radical (unpaired) electrons. The zero-order valence-electron chi connectivity index (χ0n) is 9.53. The Morgan fingerprint density at radius 1 is 1.56 bits per heavy atom. The van der Waals surface area contributed by atoms with E-state index in [1.807, 2.05) is 0 Å². The van der Waals surface area contributed by atoms with Gasteiger partial charge in [-0.15, -0.1) is 12.4 Å². The van der Waals surface area contributed by atoms with E-state index in [9.17, 15) is 13.6 Å². The molecule has 0 saturated carbocycles. The molecule has 0 bridgehead atoms. The van der Waals surface area contributed by atoms with Gasteiger partial charge in [0.25, 0.3) is 0 Å². The molecule has 18 heavy (non-hydrogen) atoms. The number of carbonyl (C=O) groups excluding carboxylic acids is 1. The van der Waals surface area contributed by atoms with Crippen molar-refractivity contribution in [2.24, 2.45) is 5.73 Å². The van der Waals surface area contributed by atoms with Gasteiger partial charge in [0.1, 0.15) is 5.82 Å². The molecule has 0 aliphatic rings. The molecule has 2 atom stereocenters. The third-order valence-corrected chi connectivity index (χ3v) is 2.38. The first kappa shape index (κ1) is 17.1. The largest absolute Gasteiger partial charge is 0.464 e. The van der Waals surface area contributed by atoms with Crippen LogP contribution in [-0.2, 0) is 9.53 Å². The van der Waals surface area contributed by atoms with Crippen LogP contribution in [0, 0.1) is 5.82 Å². The number of esters is 1. The summed E-state index contributed by atoms with van der Waals surface area (Å²) < 4.78 is 31.4. The van der Waals surface area contributed by atoms with Crippen LogP contribution in [0.15, 0.2) is 18.2 Å². The summed E-state index contributed by atoms with van der Waals surface area (Å²) in [7, 11) is 0. The highest BCUT2D eigenvalue weighted by atomic mass is 35.5. The average Bonchev–Trinajstić information content (AvgIpc) is 2.27. The Balaban J connectivity index is 0.00000289. The first-order chi connectivity index (χ1) is 7.97. The van der Waals surface area contributed by atoms with Gasteiger partial charge in [-0.2, -0.15) is 0 Å². The summed E-state index contributed by atoms with van der Waals surface area (Å²) in [4.78, 5) is 11.1. The van der Waals surface area contributed by atoms with Crippen LogP contribution >= 0.6 is 24.0 Å². The van der Waals surface area contributed by atoms with Gasteiger partial charge < -0.3 is 10.5 Å². The Labute approximate surface area is 115 Å². The molecule has 0 aromatic heterocycles. The fourth-order valence-corrected chi connectivity index (χ4v) is 1.46. The zero-order chi connectivity index (χ0) is 13.0. The minimum atomic E-state index is -2.11. The van der Waals surface area contributed by atoms with Crippen molar-refractivity contribution in [2.45, 2.75) is 19.1 Å². The lowest BCUT2D eigenvalue weighted by Crippen LogP contribution is -2.32. The molecule has 3 nitrogen and oxygen atoms in total. The lowest BCUT2D eigenvalue weighted by Gasteiger charge is -2.16. The van der Waals surface area contributed by atoms with Crippen LogP contribution in [0.4, 0.5) is 8.78 Å². The van der Waals surface area contributed by atoms with Crippen molar-refractivity contribution in [3.63, 3.8) is 0 Å². The molecular weight excluding hydrogens is 287 g/mol.